The highest BCUT2D eigenvalue weighted by molar-refractivity contribution is 5.88. The molecule has 1 aliphatic heterocycles. The Balaban J connectivity index is 2.38. The van der Waals surface area contributed by atoms with Gasteiger partial charge in [0.15, 0.2) is 5.69 Å². The lowest BCUT2D eigenvalue weighted by Crippen LogP contribution is -2.40. The molecule has 8 heteroatoms. The molecule has 2 rings (SSSR count). The summed E-state index contributed by atoms with van der Waals surface area (Å²) < 4.78 is 9.92. The molecule has 114 valence electrons. The number of anilines is 1. The number of hydrogen-bond acceptors (Lipinski definition) is 7. The van der Waals surface area contributed by atoms with E-state index in [1.165, 1.54) is 19.2 Å². The average Bonchev–Trinajstić information content (AvgIpc) is 2.53. The number of aromatic nitrogens is 1. The predicted molar refractivity (Wildman–Crippen MR) is 74.5 cm³/mol. The molecule has 0 aromatic carbocycles. The minimum absolute atomic E-state index is 0.00179. The van der Waals surface area contributed by atoms with Crippen LogP contribution in [0.1, 0.15) is 23.3 Å². The van der Waals surface area contributed by atoms with Gasteiger partial charge in [-0.15, -0.1) is 0 Å². The summed E-state index contributed by atoms with van der Waals surface area (Å²) in [6, 6.07) is 2.58. The van der Waals surface area contributed by atoms with Crippen LogP contribution in [0.3, 0.4) is 0 Å². The lowest BCUT2D eigenvalue weighted by Gasteiger charge is -2.32. The minimum atomic E-state index is -0.619. The van der Waals surface area contributed by atoms with Crippen molar-refractivity contribution in [1.82, 2.24) is 4.98 Å². The van der Waals surface area contributed by atoms with Crippen LogP contribution in [0.2, 0.25) is 0 Å². The first-order valence-electron chi connectivity index (χ1n) is 6.58. The highest BCUT2D eigenvalue weighted by Crippen LogP contribution is 2.29. The van der Waals surface area contributed by atoms with Gasteiger partial charge in [0, 0.05) is 26.3 Å². The summed E-state index contributed by atoms with van der Waals surface area (Å²) in [6.45, 7) is 1.15. The monoisotopic (exact) mass is 295 g/mol. The van der Waals surface area contributed by atoms with E-state index in [2.05, 4.69) is 9.72 Å². The van der Waals surface area contributed by atoms with Crippen molar-refractivity contribution < 1.29 is 19.2 Å². The van der Waals surface area contributed by atoms with Gasteiger partial charge in [-0.1, -0.05) is 0 Å². The molecule has 1 aliphatic rings. The van der Waals surface area contributed by atoms with Crippen LogP contribution in [0.25, 0.3) is 0 Å². The van der Waals surface area contributed by atoms with Crippen molar-refractivity contribution in [1.29, 1.82) is 0 Å². The molecule has 0 radical (unpaired) electrons. The topological polar surface area (TPSA) is 94.8 Å². The summed E-state index contributed by atoms with van der Waals surface area (Å²) in [7, 11) is 2.85. The molecule has 8 nitrogen and oxygen atoms in total. The standard InChI is InChI=1S/C13H17N3O5/c1-20-9-4-3-7-15(8-9)12-11(16(18)19)6-5-10(14-12)13(17)21-2/h5-6,9H,3-4,7-8H2,1-2H3. The fraction of sp³-hybridized carbons (Fsp3) is 0.538. The molecule has 0 bridgehead atoms. The highest BCUT2D eigenvalue weighted by Gasteiger charge is 2.28. The summed E-state index contributed by atoms with van der Waals surface area (Å²) >= 11 is 0. The molecule has 1 aromatic heterocycles. The lowest BCUT2D eigenvalue weighted by atomic mass is 10.1. The maximum absolute atomic E-state index is 11.6. The van der Waals surface area contributed by atoms with Gasteiger partial charge in [-0.05, 0) is 18.9 Å². The minimum Gasteiger partial charge on any atom is -0.464 e. The largest absolute Gasteiger partial charge is 0.464 e. The van der Waals surface area contributed by atoms with E-state index in [4.69, 9.17) is 4.74 Å². The Bertz CT molecular complexity index is 549. The van der Waals surface area contributed by atoms with E-state index in [1.54, 1.807) is 12.0 Å². The van der Waals surface area contributed by atoms with Crippen molar-refractivity contribution in [2.75, 3.05) is 32.2 Å². The van der Waals surface area contributed by atoms with Gasteiger partial charge < -0.3 is 14.4 Å². The maximum atomic E-state index is 11.6. The second kappa shape index (κ2) is 6.49. The number of carbonyl (C=O) groups excluding carboxylic acids is 1. The number of nitro groups is 1. The molecule has 2 heterocycles. The Morgan fingerprint density at radius 1 is 1.48 bits per heavy atom. The van der Waals surface area contributed by atoms with E-state index in [9.17, 15) is 14.9 Å². The summed E-state index contributed by atoms with van der Waals surface area (Å²) in [6.07, 6.45) is 1.75. The lowest BCUT2D eigenvalue weighted by molar-refractivity contribution is -0.384. The molecule has 1 saturated heterocycles. The van der Waals surface area contributed by atoms with Gasteiger partial charge in [0.05, 0.1) is 18.1 Å². The van der Waals surface area contributed by atoms with Gasteiger partial charge >= 0.3 is 11.7 Å². The molecule has 0 spiro atoms. The van der Waals surface area contributed by atoms with Crippen LogP contribution in [0.4, 0.5) is 11.5 Å². The molecule has 0 N–H and O–H groups in total. The van der Waals surface area contributed by atoms with Crippen LogP contribution in [-0.4, -0.2) is 49.3 Å². The molecule has 0 aliphatic carbocycles. The fourth-order valence-electron chi connectivity index (χ4n) is 2.36. The number of esters is 1. The van der Waals surface area contributed by atoms with Crippen molar-refractivity contribution in [3.63, 3.8) is 0 Å². The van der Waals surface area contributed by atoms with Crippen LogP contribution in [0.15, 0.2) is 12.1 Å². The van der Waals surface area contributed by atoms with E-state index < -0.39 is 10.9 Å². The summed E-state index contributed by atoms with van der Waals surface area (Å²) in [5, 5.41) is 11.2. The molecule has 1 unspecified atom stereocenters. The third-order valence-electron chi connectivity index (χ3n) is 3.46. The molecule has 0 saturated carbocycles. The first-order valence-corrected chi connectivity index (χ1v) is 6.58. The quantitative estimate of drug-likeness (QED) is 0.470. The predicted octanol–water partition coefficient (Wildman–Crippen LogP) is 1.39. The fourth-order valence-corrected chi connectivity index (χ4v) is 2.36. The van der Waals surface area contributed by atoms with E-state index in [0.29, 0.717) is 13.1 Å². The van der Waals surface area contributed by atoms with Gasteiger partial charge in [-0.3, -0.25) is 10.1 Å². The molecule has 21 heavy (non-hydrogen) atoms. The summed E-state index contributed by atoms with van der Waals surface area (Å²) in [5.41, 5.74) is -0.0722. The van der Waals surface area contributed by atoms with E-state index in [1.807, 2.05) is 0 Å². The third-order valence-corrected chi connectivity index (χ3v) is 3.46. The zero-order valence-corrected chi connectivity index (χ0v) is 11.9. The molecule has 1 atom stereocenters. The molecule has 1 fully saturated rings. The first-order chi connectivity index (χ1) is 10.1. The van der Waals surface area contributed by atoms with Crippen LogP contribution in [0.5, 0.6) is 0 Å². The van der Waals surface area contributed by atoms with Crippen LogP contribution < -0.4 is 4.90 Å². The number of ether oxygens (including phenoxy) is 2. The smallest absolute Gasteiger partial charge is 0.356 e. The van der Waals surface area contributed by atoms with E-state index in [0.717, 1.165) is 12.8 Å². The molecular formula is C13H17N3O5. The van der Waals surface area contributed by atoms with Crippen molar-refractivity contribution in [2.24, 2.45) is 0 Å². The highest BCUT2D eigenvalue weighted by atomic mass is 16.6. The number of piperidine rings is 1. The Morgan fingerprint density at radius 3 is 2.86 bits per heavy atom. The average molecular weight is 295 g/mol. The third kappa shape index (κ3) is 3.27. The molecule has 0 amide bonds. The van der Waals surface area contributed by atoms with Gasteiger partial charge in [-0.2, -0.15) is 0 Å². The second-order valence-electron chi connectivity index (χ2n) is 4.73. The van der Waals surface area contributed by atoms with E-state index in [-0.39, 0.29) is 23.3 Å². The van der Waals surface area contributed by atoms with Crippen molar-refractivity contribution in [3.05, 3.63) is 27.9 Å². The summed E-state index contributed by atoms with van der Waals surface area (Å²) in [5.74, 6) is -0.434. The van der Waals surface area contributed by atoms with Crippen LogP contribution >= 0.6 is 0 Å². The van der Waals surface area contributed by atoms with Gasteiger partial charge in [0.2, 0.25) is 5.82 Å². The Kier molecular flexibility index (Phi) is 4.69. The SMILES string of the molecule is COC(=O)c1ccc([N+](=O)[O-])c(N2CCCC(OC)C2)n1. The Labute approximate surface area is 121 Å². The number of pyridine rings is 1. The summed E-state index contributed by atoms with van der Waals surface area (Å²) in [4.78, 5) is 28.1. The molecular weight excluding hydrogens is 278 g/mol. The van der Waals surface area contributed by atoms with Crippen molar-refractivity contribution in [2.45, 2.75) is 18.9 Å². The van der Waals surface area contributed by atoms with Gasteiger partial charge in [0.1, 0.15) is 0 Å². The Morgan fingerprint density at radius 2 is 2.24 bits per heavy atom. The first kappa shape index (κ1) is 15.2. The maximum Gasteiger partial charge on any atom is 0.356 e. The number of nitrogens with zero attached hydrogens (tertiary/aromatic N) is 3. The van der Waals surface area contributed by atoms with Crippen LogP contribution in [0, 0.1) is 10.1 Å². The number of rotatable bonds is 4. The Hall–Kier alpha value is -2.22. The van der Waals surface area contributed by atoms with Gasteiger partial charge in [0.25, 0.3) is 0 Å². The zero-order valence-electron chi connectivity index (χ0n) is 11.9. The number of carbonyl (C=O) groups is 1. The van der Waals surface area contributed by atoms with Crippen molar-refractivity contribution >= 4 is 17.5 Å². The number of methoxy groups -OCH3 is 2. The van der Waals surface area contributed by atoms with Crippen LogP contribution in [-0.2, 0) is 9.47 Å². The van der Waals surface area contributed by atoms with Gasteiger partial charge in [-0.25, -0.2) is 9.78 Å². The number of hydrogen-bond donors (Lipinski definition) is 0. The normalized spacial score (nSPS) is 18.4. The van der Waals surface area contributed by atoms with E-state index >= 15 is 0 Å². The van der Waals surface area contributed by atoms with Crippen molar-refractivity contribution in [3.8, 4) is 0 Å². The molecule has 1 aromatic rings. The second-order valence-corrected chi connectivity index (χ2v) is 4.73. The zero-order chi connectivity index (χ0) is 15.4.